The maximum absolute atomic E-state index is 10.6. The Morgan fingerprint density at radius 1 is 1.64 bits per heavy atom. The van der Waals surface area contributed by atoms with Crippen LogP contribution in [0.15, 0.2) is 12.2 Å². The summed E-state index contributed by atoms with van der Waals surface area (Å²) in [6.07, 6.45) is 0. The van der Waals surface area contributed by atoms with Crippen LogP contribution in [0, 0.1) is 0 Å². The maximum atomic E-state index is 10.6. The summed E-state index contributed by atoms with van der Waals surface area (Å²) in [7, 11) is 0. The van der Waals surface area contributed by atoms with Gasteiger partial charge in [-0.2, -0.15) is 0 Å². The Morgan fingerprint density at radius 2 is 2.18 bits per heavy atom. The van der Waals surface area contributed by atoms with Gasteiger partial charge in [0.15, 0.2) is 0 Å². The normalized spacial score (nSPS) is 9.82. The van der Waals surface area contributed by atoms with Crippen LogP contribution < -0.4 is 0 Å². The van der Waals surface area contributed by atoms with E-state index in [1.54, 1.807) is 0 Å². The molecule has 0 saturated carbocycles. The van der Waals surface area contributed by atoms with Gasteiger partial charge in [0.25, 0.3) is 0 Å². The molecule has 0 amide bonds. The number of carbonyl (C=O) groups is 1. The Morgan fingerprint density at radius 3 is 2.55 bits per heavy atom. The second kappa shape index (κ2) is 4.84. The average Bonchev–Trinajstić information content (AvgIpc) is 1.86. The third kappa shape index (κ3) is 5.53. The maximum Gasteiger partial charge on any atom is 0.333 e. The molecule has 0 spiro atoms. The Labute approximate surface area is 64.4 Å². The fourth-order valence-corrected chi connectivity index (χ4v) is 0.343. The number of hydrogen-bond acceptors (Lipinski definition) is 5. The van der Waals surface area contributed by atoms with E-state index in [9.17, 15) is 4.79 Å². The average molecular weight is 161 g/mol. The van der Waals surface area contributed by atoms with Gasteiger partial charge in [-0.3, -0.25) is 10.4 Å². The monoisotopic (exact) mass is 161 g/mol. The van der Waals surface area contributed by atoms with Crippen LogP contribution in [0.4, 0.5) is 0 Å². The van der Waals surface area contributed by atoms with E-state index < -0.39 is 5.97 Å². The van der Waals surface area contributed by atoms with E-state index in [4.69, 9.17) is 10.4 Å². The fraction of sp³-hybridized carbons (Fsp3) is 0.500. The molecule has 0 aromatic carbocycles. The number of ether oxygens (including phenoxy) is 1. The predicted molar refractivity (Wildman–Crippen MR) is 36.1 cm³/mol. The number of hydrogen-bond donors (Lipinski definition) is 2. The van der Waals surface area contributed by atoms with Gasteiger partial charge in [-0.25, -0.2) is 4.79 Å². The van der Waals surface area contributed by atoms with Crippen molar-refractivity contribution in [2.75, 3.05) is 13.2 Å². The fourth-order valence-electron chi connectivity index (χ4n) is 0.343. The first-order chi connectivity index (χ1) is 5.04. The summed E-state index contributed by atoms with van der Waals surface area (Å²) in [5.74, 6) is -0.535. The van der Waals surface area contributed by atoms with Gasteiger partial charge in [-0.05, 0) is 6.92 Å². The van der Waals surface area contributed by atoms with Crippen LogP contribution in [0.25, 0.3) is 0 Å². The highest BCUT2D eigenvalue weighted by molar-refractivity contribution is 5.86. The van der Waals surface area contributed by atoms with Gasteiger partial charge in [-0.15, -0.1) is 0 Å². The van der Waals surface area contributed by atoms with Crippen LogP contribution in [0.1, 0.15) is 6.92 Å². The van der Waals surface area contributed by atoms with E-state index in [1.807, 2.05) is 0 Å². The number of esters is 1. The van der Waals surface area contributed by atoms with Gasteiger partial charge in [0, 0.05) is 5.57 Å². The Kier molecular flexibility index (Phi) is 4.44. The zero-order valence-electron chi connectivity index (χ0n) is 6.28. The third-order valence-corrected chi connectivity index (χ3v) is 0.873. The van der Waals surface area contributed by atoms with Crippen molar-refractivity contribution in [2.45, 2.75) is 6.92 Å². The van der Waals surface area contributed by atoms with Crippen LogP contribution in [0.2, 0.25) is 0 Å². The molecule has 0 rings (SSSR count). The first-order valence-corrected chi connectivity index (χ1v) is 3.02. The number of nitrogens with zero attached hydrogens (tertiary/aromatic N) is 1. The molecule has 0 aliphatic carbocycles. The number of carbonyl (C=O) groups excluding carboxylic acids is 1. The molecule has 0 radical (unpaired) electrons. The van der Waals surface area contributed by atoms with Crippen molar-refractivity contribution < 1.29 is 19.9 Å². The van der Waals surface area contributed by atoms with Gasteiger partial charge in [0.1, 0.15) is 6.61 Å². The summed E-state index contributed by atoms with van der Waals surface area (Å²) in [5.41, 5.74) is 0.285. The highest BCUT2D eigenvalue weighted by Crippen LogP contribution is 1.91. The van der Waals surface area contributed by atoms with Gasteiger partial charge < -0.3 is 4.74 Å². The first-order valence-electron chi connectivity index (χ1n) is 3.02. The lowest BCUT2D eigenvalue weighted by Crippen LogP contribution is -2.21. The lowest BCUT2D eigenvalue weighted by Gasteiger charge is -2.06. The minimum Gasteiger partial charge on any atom is -0.461 e. The molecule has 2 N–H and O–H groups in total. The summed E-state index contributed by atoms with van der Waals surface area (Å²) in [6, 6.07) is 0. The van der Waals surface area contributed by atoms with Gasteiger partial charge in [-0.1, -0.05) is 11.8 Å². The molecular weight excluding hydrogens is 150 g/mol. The lowest BCUT2D eigenvalue weighted by molar-refractivity contribution is -0.309. The van der Waals surface area contributed by atoms with Gasteiger partial charge >= 0.3 is 5.97 Å². The predicted octanol–water partition coefficient (Wildman–Crippen LogP) is 0.186. The zero-order chi connectivity index (χ0) is 8.85. The quantitative estimate of drug-likeness (QED) is 0.350. The van der Waals surface area contributed by atoms with E-state index in [1.165, 1.54) is 6.92 Å². The van der Waals surface area contributed by atoms with Gasteiger partial charge in [0.05, 0.1) is 6.54 Å². The Hall–Kier alpha value is -0.910. The SMILES string of the molecule is C=C(C)C(=O)OCCN(O)O. The second-order valence-electron chi connectivity index (χ2n) is 2.01. The summed E-state index contributed by atoms with van der Waals surface area (Å²) in [4.78, 5) is 10.6. The summed E-state index contributed by atoms with van der Waals surface area (Å²) in [5, 5.41) is 16.3. The summed E-state index contributed by atoms with van der Waals surface area (Å²) in [6.45, 7) is 4.64. The molecule has 0 atom stereocenters. The van der Waals surface area contributed by atoms with Crippen molar-refractivity contribution in [2.24, 2.45) is 0 Å². The van der Waals surface area contributed by atoms with Crippen molar-refractivity contribution in [3.63, 3.8) is 0 Å². The largest absolute Gasteiger partial charge is 0.461 e. The Balaban J connectivity index is 3.40. The topological polar surface area (TPSA) is 70.0 Å². The molecular formula is C6H11NO4. The highest BCUT2D eigenvalue weighted by Gasteiger charge is 2.02. The molecule has 0 aromatic heterocycles. The van der Waals surface area contributed by atoms with Crippen molar-refractivity contribution in [3.8, 4) is 0 Å². The molecule has 0 heterocycles. The summed E-state index contributed by atoms with van der Waals surface area (Å²) < 4.78 is 4.51. The molecule has 64 valence electrons. The summed E-state index contributed by atoms with van der Waals surface area (Å²) >= 11 is 0. The highest BCUT2D eigenvalue weighted by atomic mass is 16.8. The molecule has 0 aromatic rings. The standard InChI is InChI=1S/C6H11NO4/c1-5(2)6(8)11-4-3-7(9)10/h9-10H,1,3-4H2,2H3. The van der Waals surface area contributed by atoms with Crippen molar-refractivity contribution in [1.29, 1.82) is 0 Å². The molecule has 5 heteroatoms. The molecule has 5 nitrogen and oxygen atoms in total. The van der Waals surface area contributed by atoms with Crippen LogP contribution in [0.5, 0.6) is 0 Å². The van der Waals surface area contributed by atoms with Crippen molar-refractivity contribution >= 4 is 5.97 Å². The number of rotatable bonds is 4. The third-order valence-electron chi connectivity index (χ3n) is 0.873. The van der Waals surface area contributed by atoms with E-state index in [-0.39, 0.29) is 24.0 Å². The van der Waals surface area contributed by atoms with E-state index in [0.717, 1.165) is 0 Å². The first kappa shape index (κ1) is 10.1. The van der Waals surface area contributed by atoms with Gasteiger partial charge in [0.2, 0.25) is 0 Å². The van der Waals surface area contributed by atoms with Crippen molar-refractivity contribution in [1.82, 2.24) is 5.23 Å². The molecule has 0 aliphatic heterocycles. The van der Waals surface area contributed by atoms with Crippen molar-refractivity contribution in [3.05, 3.63) is 12.2 Å². The minimum absolute atomic E-state index is 0.0499. The molecule has 0 aliphatic rings. The van der Waals surface area contributed by atoms with E-state index in [0.29, 0.717) is 0 Å². The minimum atomic E-state index is -0.535. The second-order valence-corrected chi connectivity index (χ2v) is 2.01. The van der Waals surface area contributed by atoms with Crippen LogP contribution in [0.3, 0.4) is 0 Å². The molecule has 0 fully saturated rings. The molecule has 0 bridgehead atoms. The smallest absolute Gasteiger partial charge is 0.333 e. The van der Waals surface area contributed by atoms with Crippen LogP contribution in [-0.2, 0) is 9.53 Å². The molecule has 11 heavy (non-hydrogen) atoms. The Bertz CT molecular complexity index is 155. The van der Waals surface area contributed by atoms with Crippen LogP contribution in [-0.4, -0.2) is 34.8 Å². The number of hydroxylamine groups is 2. The zero-order valence-corrected chi connectivity index (χ0v) is 6.28. The molecule has 0 unspecified atom stereocenters. The van der Waals surface area contributed by atoms with Crippen LogP contribution >= 0.6 is 0 Å². The molecule has 0 saturated heterocycles. The lowest BCUT2D eigenvalue weighted by atomic mass is 10.4. The van der Waals surface area contributed by atoms with E-state index in [2.05, 4.69) is 11.3 Å². The van der Waals surface area contributed by atoms with E-state index >= 15 is 0 Å².